The van der Waals surface area contributed by atoms with E-state index in [2.05, 4.69) is 20.1 Å². The molecule has 10 nitrogen and oxygen atoms in total. The fourth-order valence-corrected chi connectivity index (χ4v) is 4.91. The van der Waals surface area contributed by atoms with Crippen LogP contribution in [-0.2, 0) is 19.1 Å². The van der Waals surface area contributed by atoms with Crippen molar-refractivity contribution < 1.29 is 51.2 Å². The number of hydrogen-bond donors (Lipinski definition) is 2. The first-order valence-corrected chi connectivity index (χ1v) is 15.8. The molecule has 2 unspecified atom stereocenters. The fourth-order valence-electron chi connectivity index (χ4n) is 4.91. The van der Waals surface area contributed by atoms with Crippen molar-refractivity contribution >= 4 is 23.5 Å². The summed E-state index contributed by atoms with van der Waals surface area (Å²) in [6, 6.07) is 16.9. The Bertz CT molecular complexity index is 1460. The summed E-state index contributed by atoms with van der Waals surface area (Å²) in [6.07, 6.45) is -3.57. The van der Waals surface area contributed by atoms with E-state index >= 15 is 0 Å². The average Bonchev–Trinajstić information content (AvgIpc) is 3.08. The second kappa shape index (κ2) is 20.6. The molecule has 268 valence electrons. The van der Waals surface area contributed by atoms with Gasteiger partial charge in [-0.15, -0.1) is 13.2 Å². The lowest BCUT2D eigenvalue weighted by atomic mass is 9.78. The first kappa shape index (κ1) is 40.4. The molecule has 0 saturated heterocycles. The molecule has 0 fully saturated rings. The van der Waals surface area contributed by atoms with Crippen LogP contribution in [0, 0.1) is 0 Å². The van der Waals surface area contributed by atoms with Crippen molar-refractivity contribution in [2.75, 3.05) is 46.4 Å². The van der Waals surface area contributed by atoms with Crippen LogP contribution >= 0.6 is 0 Å². The minimum atomic E-state index is -4.86. The van der Waals surface area contributed by atoms with Gasteiger partial charge in [0.1, 0.15) is 5.75 Å². The van der Waals surface area contributed by atoms with E-state index in [1.807, 2.05) is 13.8 Å². The highest BCUT2D eigenvalue weighted by Crippen LogP contribution is 2.39. The summed E-state index contributed by atoms with van der Waals surface area (Å²) >= 11 is 0. The topological polar surface area (TPSA) is 121 Å². The van der Waals surface area contributed by atoms with E-state index in [1.54, 1.807) is 56.5 Å². The number of hydrogen-bond acceptors (Lipinski definition) is 8. The Hall–Kier alpha value is -4.78. The van der Waals surface area contributed by atoms with Crippen molar-refractivity contribution in [3.05, 3.63) is 83.4 Å². The molecule has 49 heavy (non-hydrogen) atoms. The van der Waals surface area contributed by atoms with Crippen LogP contribution in [0.2, 0.25) is 0 Å². The summed E-state index contributed by atoms with van der Waals surface area (Å²) in [7, 11) is 4.64. The van der Waals surface area contributed by atoms with Crippen molar-refractivity contribution in [1.29, 1.82) is 0 Å². The molecule has 0 radical (unpaired) electrons. The van der Waals surface area contributed by atoms with Gasteiger partial charge >= 0.3 is 12.3 Å². The molecule has 13 heteroatoms. The summed E-state index contributed by atoms with van der Waals surface area (Å²) in [4.78, 5) is 38.2. The van der Waals surface area contributed by atoms with Crippen molar-refractivity contribution in [2.24, 2.45) is 0 Å². The molecule has 2 atom stereocenters. The van der Waals surface area contributed by atoms with Gasteiger partial charge in [-0.3, -0.25) is 14.4 Å². The fraction of sp³-hybridized carbons (Fsp3) is 0.417. The van der Waals surface area contributed by atoms with Crippen molar-refractivity contribution in [2.45, 2.75) is 58.2 Å². The summed E-state index contributed by atoms with van der Waals surface area (Å²) in [5, 5.41) is 5.59. The van der Waals surface area contributed by atoms with Gasteiger partial charge in [0.15, 0.2) is 11.5 Å². The molecule has 0 aliphatic heterocycles. The largest absolute Gasteiger partial charge is 0.573 e. The molecule has 3 aromatic rings. The number of halogens is 3. The monoisotopic (exact) mass is 690 g/mol. The molecule has 0 aliphatic rings. The number of benzene rings is 3. The number of ether oxygens (including phenoxy) is 5. The van der Waals surface area contributed by atoms with Gasteiger partial charge in [-0.25, -0.2) is 0 Å². The van der Waals surface area contributed by atoms with Gasteiger partial charge in [0.2, 0.25) is 5.91 Å². The van der Waals surface area contributed by atoms with Gasteiger partial charge < -0.3 is 34.3 Å². The first-order valence-electron chi connectivity index (χ1n) is 15.8. The molecular weight excluding hydrogens is 645 g/mol. The molecule has 2 N–H and O–H groups in total. The average molecular weight is 691 g/mol. The standard InChI is InChI=1S/C33H37F3N2O7.C3H8O/c1-5-7-26(21-8-10-23(11-9-21)31(40)37-19-18-29(39)44-6-2)30(22-12-15-25(16-13-22)45-33(34,35)36)32(41)38-24-14-17-27(42-3)28(20-24)43-4;1-3-4-2/h8-17,20,26,30H,5-7,18-19H2,1-4H3,(H,37,40)(H,38,41);3H2,1-2H3. The molecule has 0 aliphatic carbocycles. The van der Waals surface area contributed by atoms with Crippen LogP contribution < -0.4 is 24.8 Å². The quantitative estimate of drug-likeness (QED) is 0.151. The zero-order valence-corrected chi connectivity index (χ0v) is 28.6. The first-order chi connectivity index (χ1) is 23.4. The highest BCUT2D eigenvalue weighted by molar-refractivity contribution is 5.97. The van der Waals surface area contributed by atoms with Gasteiger partial charge in [-0.1, -0.05) is 37.6 Å². The molecule has 2 amide bonds. The number of esters is 1. The van der Waals surface area contributed by atoms with Crippen LogP contribution in [0.3, 0.4) is 0 Å². The summed E-state index contributed by atoms with van der Waals surface area (Å²) in [5.74, 6) is -1.95. The van der Waals surface area contributed by atoms with E-state index in [4.69, 9.17) is 14.2 Å². The molecule has 0 aromatic heterocycles. The number of methoxy groups -OCH3 is 3. The summed E-state index contributed by atoms with van der Waals surface area (Å²) in [5.41, 5.74) is 2.02. The number of carbonyl (C=O) groups excluding carboxylic acids is 3. The van der Waals surface area contributed by atoms with E-state index in [9.17, 15) is 27.6 Å². The Kier molecular flexibility index (Phi) is 16.9. The Morgan fingerprint density at radius 2 is 1.41 bits per heavy atom. The highest BCUT2D eigenvalue weighted by atomic mass is 19.4. The predicted octanol–water partition coefficient (Wildman–Crippen LogP) is 7.24. The van der Waals surface area contributed by atoms with Crippen LogP contribution in [0.25, 0.3) is 0 Å². The molecule has 0 spiro atoms. The number of amides is 2. The maximum atomic E-state index is 14.0. The van der Waals surface area contributed by atoms with E-state index < -0.39 is 35.8 Å². The third-order valence-corrected chi connectivity index (χ3v) is 7.22. The normalized spacial score (nSPS) is 12.0. The van der Waals surface area contributed by atoms with E-state index in [-0.39, 0.29) is 25.5 Å². The Morgan fingerprint density at radius 3 is 1.94 bits per heavy atom. The minimum absolute atomic E-state index is 0.0416. The third-order valence-electron chi connectivity index (χ3n) is 7.22. The summed E-state index contributed by atoms with van der Waals surface area (Å²) < 4.78 is 62.5. The zero-order valence-electron chi connectivity index (χ0n) is 28.6. The Balaban J connectivity index is 0.00000197. The third kappa shape index (κ3) is 13.3. The maximum Gasteiger partial charge on any atom is 0.573 e. The van der Waals surface area contributed by atoms with Gasteiger partial charge in [0.25, 0.3) is 5.91 Å². The molecule has 0 saturated carbocycles. The van der Waals surface area contributed by atoms with Crippen molar-refractivity contribution in [3.8, 4) is 17.2 Å². The summed E-state index contributed by atoms with van der Waals surface area (Å²) in [6.45, 7) is 6.81. The van der Waals surface area contributed by atoms with Crippen molar-refractivity contribution in [3.63, 3.8) is 0 Å². The molecule has 0 heterocycles. The van der Waals surface area contributed by atoms with Crippen molar-refractivity contribution in [1.82, 2.24) is 5.32 Å². The van der Waals surface area contributed by atoms with E-state index in [0.717, 1.165) is 12.2 Å². The van der Waals surface area contributed by atoms with Gasteiger partial charge in [-0.2, -0.15) is 0 Å². The van der Waals surface area contributed by atoms with E-state index in [0.29, 0.717) is 41.2 Å². The second-order valence-corrected chi connectivity index (χ2v) is 10.6. The lowest BCUT2D eigenvalue weighted by molar-refractivity contribution is -0.274. The van der Waals surface area contributed by atoms with Crippen LogP contribution in [0.4, 0.5) is 18.9 Å². The lowest BCUT2D eigenvalue weighted by Gasteiger charge is -2.28. The van der Waals surface area contributed by atoms with Gasteiger partial charge in [0.05, 0.1) is 33.2 Å². The van der Waals surface area contributed by atoms with E-state index in [1.165, 1.54) is 38.5 Å². The Labute approximate surface area is 285 Å². The van der Waals surface area contributed by atoms with Crippen LogP contribution in [-0.4, -0.2) is 65.2 Å². The molecule has 3 aromatic carbocycles. The number of carbonyl (C=O) groups is 3. The SMILES string of the molecule is CCCC(c1ccc(C(=O)NCCC(=O)OCC)cc1)C(C(=O)Nc1ccc(OC)c(OC)c1)c1ccc(OC(F)(F)F)cc1.CCOC. The van der Waals surface area contributed by atoms with Gasteiger partial charge in [-0.05, 0) is 73.7 Å². The van der Waals surface area contributed by atoms with Gasteiger partial charge in [0, 0.05) is 37.6 Å². The Morgan fingerprint density at radius 1 is 0.796 bits per heavy atom. The number of nitrogens with one attached hydrogen (secondary N) is 2. The van der Waals surface area contributed by atoms with Crippen LogP contribution in [0.5, 0.6) is 17.2 Å². The van der Waals surface area contributed by atoms with Crippen LogP contribution in [0.15, 0.2) is 66.7 Å². The molecule has 3 rings (SSSR count). The van der Waals surface area contributed by atoms with Crippen LogP contribution in [0.1, 0.15) is 73.4 Å². The lowest BCUT2D eigenvalue weighted by Crippen LogP contribution is -2.27. The number of rotatable bonds is 16. The smallest absolute Gasteiger partial charge is 0.493 e. The maximum absolute atomic E-state index is 14.0. The molecule has 0 bridgehead atoms. The highest BCUT2D eigenvalue weighted by Gasteiger charge is 2.33. The number of alkyl halides is 3. The second-order valence-electron chi connectivity index (χ2n) is 10.6. The zero-order chi connectivity index (χ0) is 36.4. The predicted molar refractivity (Wildman–Crippen MR) is 179 cm³/mol. The number of anilines is 1. The molecular formula is C36H45F3N2O8. The minimum Gasteiger partial charge on any atom is -0.493 e.